The van der Waals surface area contributed by atoms with Gasteiger partial charge in [0.2, 0.25) is 11.9 Å². The zero-order chi connectivity index (χ0) is 21.1. The summed E-state index contributed by atoms with van der Waals surface area (Å²) in [7, 11) is 3.81. The zero-order valence-corrected chi connectivity index (χ0v) is 17.6. The molecule has 1 fully saturated rings. The van der Waals surface area contributed by atoms with Crippen molar-refractivity contribution in [2.75, 3.05) is 25.5 Å². The molecular weight excluding hydrogens is 380 g/mol. The minimum atomic E-state index is -0.142. The van der Waals surface area contributed by atoms with Gasteiger partial charge in [-0.3, -0.25) is 9.78 Å². The van der Waals surface area contributed by atoms with Crippen LogP contribution in [-0.2, 0) is 11.2 Å². The second kappa shape index (κ2) is 8.61. The van der Waals surface area contributed by atoms with Gasteiger partial charge in [0.05, 0.1) is 29.4 Å². The number of likely N-dealkylation sites (tertiary alicyclic amines) is 1. The quantitative estimate of drug-likeness (QED) is 0.643. The van der Waals surface area contributed by atoms with E-state index in [2.05, 4.69) is 15.1 Å². The number of amides is 1. The van der Waals surface area contributed by atoms with E-state index >= 15 is 0 Å². The van der Waals surface area contributed by atoms with Gasteiger partial charge >= 0.3 is 0 Å². The minimum Gasteiger partial charge on any atom is -0.356 e. The van der Waals surface area contributed by atoms with Crippen molar-refractivity contribution in [2.24, 2.45) is 0 Å². The molecule has 0 spiro atoms. The first-order valence-corrected chi connectivity index (χ1v) is 10.2. The maximum Gasteiger partial charge on any atom is 0.229 e. The van der Waals surface area contributed by atoms with E-state index < -0.39 is 0 Å². The smallest absolute Gasteiger partial charge is 0.229 e. The van der Waals surface area contributed by atoms with Crippen LogP contribution in [0.3, 0.4) is 0 Å². The minimum absolute atomic E-state index is 0.0584. The van der Waals surface area contributed by atoms with Crippen LogP contribution in [0.1, 0.15) is 42.4 Å². The number of hydrogen-bond donors (Lipinski definition) is 0. The molecule has 0 radical (unpaired) electrons. The van der Waals surface area contributed by atoms with Crippen molar-refractivity contribution in [3.63, 3.8) is 0 Å². The molecule has 1 aliphatic heterocycles. The van der Waals surface area contributed by atoms with Gasteiger partial charge in [0.1, 0.15) is 0 Å². The highest BCUT2D eigenvalue weighted by molar-refractivity contribution is 5.79. The summed E-state index contributed by atoms with van der Waals surface area (Å²) in [5, 5.41) is 4.02. The number of anilines is 1. The highest BCUT2D eigenvalue weighted by atomic mass is 16.5. The molecule has 156 valence electrons. The normalized spacial score (nSPS) is 16.5. The summed E-state index contributed by atoms with van der Waals surface area (Å²) in [5.74, 6) is 1.28. The number of aryl methyl sites for hydroxylation is 1. The van der Waals surface area contributed by atoms with Crippen molar-refractivity contribution in [2.45, 2.75) is 38.6 Å². The SMILES string of the molecule is Cc1cc(-c2cnc(N(C)C)nc2C2CCCCN2C(=O)Cc2ccccn2)on1. The maximum absolute atomic E-state index is 13.2. The van der Waals surface area contributed by atoms with Crippen LogP contribution in [0, 0.1) is 6.92 Å². The van der Waals surface area contributed by atoms with Gasteiger partial charge in [0.15, 0.2) is 5.76 Å². The third-order valence-electron chi connectivity index (χ3n) is 5.30. The van der Waals surface area contributed by atoms with E-state index in [9.17, 15) is 4.79 Å². The van der Waals surface area contributed by atoms with Crippen molar-refractivity contribution in [1.82, 2.24) is 25.0 Å². The Morgan fingerprint density at radius 3 is 2.83 bits per heavy atom. The van der Waals surface area contributed by atoms with Gasteiger partial charge in [-0.1, -0.05) is 11.2 Å². The molecule has 1 amide bonds. The molecule has 0 aromatic carbocycles. The molecule has 0 bridgehead atoms. The van der Waals surface area contributed by atoms with E-state index in [1.807, 2.05) is 55.1 Å². The summed E-state index contributed by atoms with van der Waals surface area (Å²) in [4.78, 5) is 30.6. The fourth-order valence-electron chi connectivity index (χ4n) is 3.81. The van der Waals surface area contributed by atoms with Crippen LogP contribution in [-0.4, -0.2) is 51.6 Å². The molecule has 3 aromatic heterocycles. The van der Waals surface area contributed by atoms with E-state index in [1.54, 1.807) is 12.4 Å². The first kappa shape index (κ1) is 20.0. The Hall–Kier alpha value is -3.29. The van der Waals surface area contributed by atoms with Crippen molar-refractivity contribution < 1.29 is 9.32 Å². The summed E-state index contributed by atoms with van der Waals surface area (Å²) in [6.07, 6.45) is 6.63. The molecular formula is C22H26N6O2. The number of hydrogen-bond acceptors (Lipinski definition) is 7. The lowest BCUT2D eigenvalue weighted by atomic mass is 9.95. The molecule has 1 unspecified atom stereocenters. The Morgan fingerprint density at radius 1 is 1.27 bits per heavy atom. The molecule has 1 atom stereocenters. The average Bonchev–Trinajstić information content (AvgIpc) is 3.20. The monoisotopic (exact) mass is 406 g/mol. The van der Waals surface area contributed by atoms with Crippen molar-refractivity contribution in [1.29, 1.82) is 0 Å². The van der Waals surface area contributed by atoms with Crippen LogP contribution in [0.5, 0.6) is 0 Å². The molecule has 1 saturated heterocycles. The summed E-state index contributed by atoms with van der Waals surface area (Å²) in [6.45, 7) is 2.58. The predicted octanol–water partition coefficient (Wildman–Crippen LogP) is 3.20. The average molecular weight is 406 g/mol. The second-order valence-corrected chi connectivity index (χ2v) is 7.79. The number of rotatable bonds is 5. The Kier molecular flexibility index (Phi) is 5.74. The lowest BCUT2D eigenvalue weighted by Crippen LogP contribution is -2.40. The topological polar surface area (TPSA) is 88.3 Å². The maximum atomic E-state index is 13.2. The molecule has 0 N–H and O–H groups in total. The first-order chi connectivity index (χ1) is 14.5. The van der Waals surface area contributed by atoms with E-state index in [0.717, 1.165) is 41.9 Å². The summed E-state index contributed by atoms with van der Waals surface area (Å²) >= 11 is 0. The van der Waals surface area contributed by atoms with Gasteiger partial charge < -0.3 is 14.3 Å². The number of carbonyl (C=O) groups is 1. The number of carbonyl (C=O) groups excluding carboxylic acids is 1. The lowest BCUT2D eigenvalue weighted by Gasteiger charge is -2.36. The second-order valence-electron chi connectivity index (χ2n) is 7.79. The lowest BCUT2D eigenvalue weighted by molar-refractivity contribution is -0.134. The number of pyridine rings is 1. The molecule has 3 aromatic rings. The van der Waals surface area contributed by atoms with E-state index in [1.165, 1.54) is 0 Å². The van der Waals surface area contributed by atoms with Crippen molar-refractivity contribution >= 4 is 11.9 Å². The van der Waals surface area contributed by atoms with Gasteiger partial charge in [0.25, 0.3) is 0 Å². The zero-order valence-electron chi connectivity index (χ0n) is 17.6. The molecule has 30 heavy (non-hydrogen) atoms. The van der Waals surface area contributed by atoms with Crippen LogP contribution in [0.4, 0.5) is 5.95 Å². The fraction of sp³-hybridized carbons (Fsp3) is 0.409. The van der Waals surface area contributed by atoms with Crippen LogP contribution in [0.25, 0.3) is 11.3 Å². The van der Waals surface area contributed by atoms with Gasteiger partial charge in [-0.05, 0) is 38.3 Å². The predicted molar refractivity (Wildman–Crippen MR) is 113 cm³/mol. The van der Waals surface area contributed by atoms with Gasteiger partial charge in [0, 0.05) is 44.8 Å². The van der Waals surface area contributed by atoms with E-state index in [-0.39, 0.29) is 18.4 Å². The summed E-state index contributed by atoms with van der Waals surface area (Å²) in [5.41, 5.74) is 3.15. The Balaban J connectivity index is 1.72. The largest absolute Gasteiger partial charge is 0.356 e. The van der Waals surface area contributed by atoms with Crippen molar-refractivity contribution in [3.05, 3.63) is 53.7 Å². The first-order valence-electron chi connectivity index (χ1n) is 10.2. The van der Waals surface area contributed by atoms with Crippen molar-refractivity contribution in [3.8, 4) is 11.3 Å². The third-order valence-corrected chi connectivity index (χ3v) is 5.30. The molecule has 0 aliphatic carbocycles. The van der Waals surface area contributed by atoms with Crippen LogP contribution in [0.15, 0.2) is 41.2 Å². The molecule has 4 heterocycles. The van der Waals surface area contributed by atoms with Crippen LogP contribution < -0.4 is 4.90 Å². The number of piperidine rings is 1. The van der Waals surface area contributed by atoms with Gasteiger partial charge in [-0.15, -0.1) is 0 Å². The fourth-order valence-corrected chi connectivity index (χ4v) is 3.81. The highest BCUT2D eigenvalue weighted by Crippen LogP contribution is 2.36. The standard InChI is InChI=1S/C22H26N6O2/c1-15-12-19(30-26-15)17-14-24-22(27(2)3)25-21(17)18-9-5-7-11-28(18)20(29)13-16-8-4-6-10-23-16/h4,6,8,10,12,14,18H,5,7,9,11,13H2,1-3H3. The number of nitrogens with zero attached hydrogens (tertiary/aromatic N) is 6. The molecule has 1 aliphatic rings. The highest BCUT2D eigenvalue weighted by Gasteiger charge is 2.32. The number of aromatic nitrogens is 4. The van der Waals surface area contributed by atoms with Crippen LogP contribution >= 0.6 is 0 Å². The molecule has 0 saturated carbocycles. The molecule has 8 heteroatoms. The Morgan fingerprint density at radius 2 is 2.13 bits per heavy atom. The Bertz CT molecular complexity index is 1020. The molecule has 8 nitrogen and oxygen atoms in total. The third kappa shape index (κ3) is 4.17. The van der Waals surface area contributed by atoms with E-state index in [0.29, 0.717) is 18.3 Å². The molecule has 4 rings (SSSR count). The van der Waals surface area contributed by atoms with Crippen LogP contribution in [0.2, 0.25) is 0 Å². The van der Waals surface area contributed by atoms with Gasteiger partial charge in [-0.2, -0.15) is 0 Å². The summed E-state index contributed by atoms with van der Waals surface area (Å²) in [6, 6.07) is 7.38. The Labute approximate surface area is 175 Å². The van der Waals surface area contributed by atoms with E-state index in [4.69, 9.17) is 9.51 Å². The summed E-state index contributed by atoms with van der Waals surface area (Å²) < 4.78 is 5.52. The van der Waals surface area contributed by atoms with Gasteiger partial charge in [-0.25, -0.2) is 9.97 Å².